The maximum Gasteiger partial charge on any atom is 0.227 e. The smallest absolute Gasteiger partial charge is 0.227 e. The number of nitrogens with zero attached hydrogens (tertiary/aromatic N) is 1. The van der Waals surface area contributed by atoms with Gasteiger partial charge in [0.2, 0.25) is 5.91 Å². The molecular weight excluding hydrogens is 248 g/mol. The van der Waals surface area contributed by atoms with Gasteiger partial charge in [0.05, 0.1) is 5.92 Å². The Kier molecular flexibility index (Phi) is 5.18. The van der Waals surface area contributed by atoms with E-state index in [4.69, 9.17) is 5.73 Å². The monoisotopic (exact) mass is 274 g/mol. The van der Waals surface area contributed by atoms with Crippen LogP contribution in [0.3, 0.4) is 0 Å². The zero-order valence-electron chi connectivity index (χ0n) is 12.6. The Bertz CT molecular complexity index is 433. The zero-order chi connectivity index (χ0) is 14.5. The summed E-state index contributed by atoms with van der Waals surface area (Å²) in [5.74, 6) is 0.872. The van der Waals surface area contributed by atoms with Gasteiger partial charge in [-0.15, -0.1) is 0 Å². The van der Waals surface area contributed by atoms with E-state index in [0.717, 1.165) is 25.4 Å². The van der Waals surface area contributed by atoms with Gasteiger partial charge in [0.15, 0.2) is 0 Å². The Labute approximate surface area is 122 Å². The minimum absolute atomic E-state index is 0.0957. The van der Waals surface area contributed by atoms with Crippen molar-refractivity contribution in [3.05, 3.63) is 35.4 Å². The molecule has 110 valence electrons. The minimum Gasteiger partial charge on any atom is -0.343 e. The van der Waals surface area contributed by atoms with Crippen LogP contribution in [0.25, 0.3) is 0 Å². The molecule has 1 atom stereocenters. The molecule has 3 nitrogen and oxygen atoms in total. The molecule has 0 aromatic heterocycles. The van der Waals surface area contributed by atoms with Crippen molar-refractivity contribution in [2.75, 3.05) is 19.6 Å². The van der Waals surface area contributed by atoms with Gasteiger partial charge < -0.3 is 10.6 Å². The third-order valence-corrected chi connectivity index (χ3v) is 4.22. The molecule has 1 aliphatic rings. The number of hydrogen-bond donors (Lipinski definition) is 1. The summed E-state index contributed by atoms with van der Waals surface area (Å²) in [6.45, 7) is 5.96. The Morgan fingerprint density at radius 3 is 2.30 bits per heavy atom. The fourth-order valence-electron chi connectivity index (χ4n) is 2.69. The maximum absolute atomic E-state index is 12.4. The lowest BCUT2D eigenvalue weighted by Crippen LogP contribution is -2.39. The quantitative estimate of drug-likeness (QED) is 0.830. The summed E-state index contributed by atoms with van der Waals surface area (Å²) in [5, 5.41) is 0. The highest BCUT2D eigenvalue weighted by molar-refractivity contribution is 5.79. The maximum atomic E-state index is 12.4. The molecule has 1 saturated carbocycles. The van der Waals surface area contributed by atoms with E-state index in [1.807, 2.05) is 18.7 Å². The standard InChI is InChI=1S/C17H26N2O/c1-3-19(4-2)17(20)16(12-18)11-13-5-7-14(8-6-13)15-9-10-15/h5-8,15-16H,3-4,9-12,18H2,1-2H3. The van der Waals surface area contributed by atoms with Crippen LogP contribution in [-0.2, 0) is 11.2 Å². The fourth-order valence-corrected chi connectivity index (χ4v) is 2.69. The van der Waals surface area contributed by atoms with Crippen LogP contribution in [0.1, 0.15) is 43.7 Å². The largest absolute Gasteiger partial charge is 0.343 e. The summed E-state index contributed by atoms with van der Waals surface area (Å²) in [6, 6.07) is 8.74. The molecule has 3 heteroatoms. The van der Waals surface area contributed by atoms with Gasteiger partial charge >= 0.3 is 0 Å². The number of carbonyl (C=O) groups is 1. The summed E-state index contributed by atoms with van der Waals surface area (Å²) in [6.07, 6.45) is 3.40. The molecule has 20 heavy (non-hydrogen) atoms. The Morgan fingerprint density at radius 1 is 1.25 bits per heavy atom. The van der Waals surface area contributed by atoms with E-state index < -0.39 is 0 Å². The van der Waals surface area contributed by atoms with Crippen LogP contribution in [-0.4, -0.2) is 30.4 Å². The van der Waals surface area contributed by atoms with Crippen molar-refractivity contribution in [1.82, 2.24) is 4.90 Å². The molecule has 0 saturated heterocycles. The highest BCUT2D eigenvalue weighted by Crippen LogP contribution is 2.39. The third kappa shape index (κ3) is 3.60. The van der Waals surface area contributed by atoms with Gasteiger partial charge in [0, 0.05) is 19.6 Å². The average molecular weight is 274 g/mol. The first-order chi connectivity index (χ1) is 9.69. The van der Waals surface area contributed by atoms with Gasteiger partial charge in [-0.05, 0) is 50.2 Å². The molecule has 2 N–H and O–H groups in total. The molecule has 0 aliphatic heterocycles. The minimum atomic E-state index is -0.0957. The van der Waals surface area contributed by atoms with Crippen molar-refractivity contribution in [2.24, 2.45) is 11.7 Å². The van der Waals surface area contributed by atoms with Gasteiger partial charge in [0.25, 0.3) is 0 Å². The number of carbonyl (C=O) groups excluding carboxylic acids is 1. The Hall–Kier alpha value is -1.35. The van der Waals surface area contributed by atoms with Crippen LogP contribution < -0.4 is 5.73 Å². The first-order valence-electron chi connectivity index (χ1n) is 7.77. The topological polar surface area (TPSA) is 46.3 Å². The highest BCUT2D eigenvalue weighted by atomic mass is 16.2. The summed E-state index contributed by atoms with van der Waals surface area (Å²) in [7, 11) is 0. The van der Waals surface area contributed by atoms with E-state index in [9.17, 15) is 4.79 Å². The lowest BCUT2D eigenvalue weighted by molar-refractivity contribution is -0.134. The molecule has 1 aromatic rings. The molecule has 0 bridgehead atoms. The molecule has 2 rings (SSSR count). The SMILES string of the molecule is CCN(CC)C(=O)C(CN)Cc1ccc(C2CC2)cc1. The molecule has 0 radical (unpaired) electrons. The molecular formula is C17H26N2O. The molecule has 1 fully saturated rings. The van der Waals surface area contributed by atoms with E-state index in [1.165, 1.54) is 24.0 Å². The fraction of sp³-hybridized carbons (Fsp3) is 0.588. The highest BCUT2D eigenvalue weighted by Gasteiger charge is 2.24. The van der Waals surface area contributed by atoms with E-state index in [-0.39, 0.29) is 11.8 Å². The van der Waals surface area contributed by atoms with Crippen LogP contribution in [0.2, 0.25) is 0 Å². The summed E-state index contributed by atoms with van der Waals surface area (Å²) >= 11 is 0. The van der Waals surface area contributed by atoms with Crippen LogP contribution in [0.4, 0.5) is 0 Å². The summed E-state index contributed by atoms with van der Waals surface area (Å²) in [4.78, 5) is 14.2. The molecule has 1 amide bonds. The van der Waals surface area contributed by atoms with E-state index >= 15 is 0 Å². The first kappa shape index (κ1) is 15.0. The van der Waals surface area contributed by atoms with Crippen LogP contribution in [0.15, 0.2) is 24.3 Å². The zero-order valence-corrected chi connectivity index (χ0v) is 12.6. The number of amides is 1. The molecule has 0 heterocycles. The van der Waals surface area contributed by atoms with Crippen LogP contribution >= 0.6 is 0 Å². The first-order valence-corrected chi connectivity index (χ1v) is 7.77. The van der Waals surface area contributed by atoms with E-state index in [0.29, 0.717) is 6.54 Å². The molecule has 0 spiro atoms. The van der Waals surface area contributed by atoms with Crippen molar-refractivity contribution in [3.8, 4) is 0 Å². The van der Waals surface area contributed by atoms with Gasteiger partial charge in [0.1, 0.15) is 0 Å². The van der Waals surface area contributed by atoms with Gasteiger partial charge in [-0.2, -0.15) is 0 Å². The predicted octanol–water partition coefficient (Wildman–Crippen LogP) is 2.55. The lowest BCUT2D eigenvalue weighted by Gasteiger charge is -2.24. The van der Waals surface area contributed by atoms with Crippen LogP contribution in [0.5, 0.6) is 0 Å². The van der Waals surface area contributed by atoms with Gasteiger partial charge in [-0.25, -0.2) is 0 Å². The van der Waals surface area contributed by atoms with Crippen molar-refractivity contribution in [2.45, 2.75) is 39.0 Å². The molecule has 1 aliphatic carbocycles. The second-order valence-electron chi connectivity index (χ2n) is 5.66. The Morgan fingerprint density at radius 2 is 1.85 bits per heavy atom. The van der Waals surface area contributed by atoms with Crippen LogP contribution in [0, 0.1) is 5.92 Å². The second kappa shape index (κ2) is 6.89. The molecule has 1 aromatic carbocycles. The number of hydrogen-bond acceptors (Lipinski definition) is 2. The third-order valence-electron chi connectivity index (χ3n) is 4.22. The average Bonchev–Trinajstić information content (AvgIpc) is 3.31. The van der Waals surface area contributed by atoms with Crippen molar-refractivity contribution in [1.29, 1.82) is 0 Å². The van der Waals surface area contributed by atoms with E-state index in [2.05, 4.69) is 24.3 Å². The van der Waals surface area contributed by atoms with Gasteiger partial charge in [-0.1, -0.05) is 24.3 Å². The van der Waals surface area contributed by atoms with E-state index in [1.54, 1.807) is 0 Å². The lowest BCUT2D eigenvalue weighted by atomic mass is 9.96. The van der Waals surface area contributed by atoms with Crippen molar-refractivity contribution < 1.29 is 4.79 Å². The normalized spacial score (nSPS) is 15.9. The van der Waals surface area contributed by atoms with Gasteiger partial charge in [-0.3, -0.25) is 4.79 Å². The summed E-state index contributed by atoms with van der Waals surface area (Å²) < 4.78 is 0. The predicted molar refractivity (Wildman–Crippen MR) is 82.6 cm³/mol. The number of rotatable bonds is 7. The number of benzene rings is 1. The second-order valence-corrected chi connectivity index (χ2v) is 5.66. The van der Waals surface area contributed by atoms with Crippen molar-refractivity contribution >= 4 is 5.91 Å². The number of nitrogens with two attached hydrogens (primary N) is 1. The molecule has 1 unspecified atom stereocenters. The summed E-state index contributed by atoms with van der Waals surface area (Å²) in [5.41, 5.74) is 8.46. The van der Waals surface area contributed by atoms with Crippen molar-refractivity contribution in [3.63, 3.8) is 0 Å². The Balaban J connectivity index is 1.99.